The molecule has 0 radical (unpaired) electrons. The Hall–Kier alpha value is -16.1. The van der Waals surface area contributed by atoms with E-state index < -0.39 is 34.7 Å². The minimum absolute atomic E-state index is 0.0287. The lowest BCUT2D eigenvalue weighted by atomic mass is 9.83. The van der Waals surface area contributed by atoms with E-state index in [0.717, 1.165) is 22.6 Å². The number of ketones is 6. The van der Waals surface area contributed by atoms with E-state index in [1.54, 1.807) is 57.2 Å². The van der Waals surface area contributed by atoms with Crippen molar-refractivity contribution < 1.29 is 44.1 Å². The lowest BCUT2D eigenvalue weighted by Crippen LogP contribution is -2.21. The minimum Gasteiger partial charge on any atom is -0.507 e. The highest BCUT2D eigenvalue weighted by atomic mass is 16.3. The largest absolute Gasteiger partial charge is 0.507 e. The zero-order valence-electron chi connectivity index (χ0n) is 57.9. The summed E-state index contributed by atoms with van der Waals surface area (Å²) in [5.74, 6) is -2.50. The van der Waals surface area contributed by atoms with Gasteiger partial charge >= 0.3 is 0 Å². The van der Waals surface area contributed by atoms with Gasteiger partial charge in [0.2, 0.25) is 17.1 Å². The van der Waals surface area contributed by atoms with Gasteiger partial charge in [-0.05, 0) is 117 Å². The number of aromatic hydroxyl groups is 3. The summed E-state index contributed by atoms with van der Waals surface area (Å²) in [6, 6.07) is 53.2. The molecule has 0 atom stereocenters. The molecule has 27 heteroatoms. The number of nitrogens with one attached hydrogen (secondary N) is 3. The molecule has 27 nitrogen and oxygen atoms in total. The number of aromatic nitrogens is 3. The number of nitrogens with two attached hydrogens (primary N) is 3. The topological polar surface area (TPSA) is 403 Å². The monoisotopic (exact) mass is 1440 g/mol. The van der Waals surface area contributed by atoms with E-state index in [-0.39, 0.29) is 164 Å². The van der Waals surface area contributed by atoms with Gasteiger partial charge in [-0.3, -0.25) is 28.8 Å². The van der Waals surface area contributed by atoms with E-state index in [1.807, 2.05) is 91.9 Å². The van der Waals surface area contributed by atoms with Crippen molar-refractivity contribution in [1.82, 2.24) is 15.0 Å². The summed E-state index contributed by atoms with van der Waals surface area (Å²) >= 11 is 0. The lowest BCUT2D eigenvalue weighted by molar-refractivity contribution is 0.0977. The molecule has 3 heterocycles. The van der Waals surface area contributed by atoms with Crippen LogP contribution in [0.25, 0.3) is 14.5 Å². The Bertz CT molecular complexity index is 6140. The first-order chi connectivity index (χ1) is 52.6. The summed E-state index contributed by atoms with van der Waals surface area (Å²) in [5.41, 5.74) is 25.5. The predicted octanol–water partition coefficient (Wildman–Crippen LogP) is 18.8. The van der Waals surface area contributed by atoms with Gasteiger partial charge in [-0.25, -0.2) is 29.5 Å². The second kappa shape index (κ2) is 29.7. The lowest BCUT2D eigenvalue weighted by Gasteiger charge is -2.19. The fourth-order valence-electron chi connectivity index (χ4n) is 12.4. The Kier molecular flexibility index (Phi) is 19.4. The number of rotatable bonds is 12. The van der Waals surface area contributed by atoms with Gasteiger partial charge < -0.3 is 48.5 Å². The molecule has 3 aliphatic carbocycles. The molecule has 0 spiro atoms. The first kappa shape index (κ1) is 71.3. The standard InChI is InChI=1S/C28H20N6O3.2C27H18N6O3/c1-14-10-12-16(13-11-14)31-28-24(15(2)23(30-3)27(29)32-28)34-33-19-8-4-6-17-21(19)25(36)18-7-5-9-20(35)22(18)26(17)37;1-14-22(26(28)31-27(23(14)29-2)30-15-8-4-3-5-9-15)33-32-18-12-6-10-16-20(18)24(35)17-11-7-13-19(34)21(17)25(16)36;1-14-22(29-2)26(28)31-27(30-15-8-4-3-5-9-15)23(14)33-32-18-12-6-10-16-20(18)24(35)17-11-7-13-19(34)21(17)25(16)36/h4-13,35H,1-2H3,(H3,29,31,32);2*3-13,34H,1H3,(H3,28,30,31). The first-order valence-electron chi connectivity index (χ1n) is 33.0. The Morgan fingerprint density at radius 2 is 0.596 bits per heavy atom. The molecule has 15 rings (SSSR count). The average molecular weight is 1440 g/mol. The summed E-state index contributed by atoms with van der Waals surface area (Å²) in [7, 11) is 0. The molecule has 12 N–H and O–H groups in total. The Morgan fingerprint density at radius 3 is 0.945 bits per heavy atom. The van der Waals surface area contributed by atoms with Crippen LogP contribution in [0.4, 0.5) is 103 Å². The molecule has 3 aliphatic rings. The second-order valence-electron chi connectivity index (χ2n) is 24.6. The fraction of sp³-hybridized carbons (Fsp3) is 0.0488. The Labute approximate surface area is 620 Å². The quantitative estimate of drug-likeness (QED) is 0.0405. The number of carbonyl (C=O) groups is 6. The molecular weight excluding hydrogens is 1380 g/mol. The van der Waals surface area contributed by atoms with E-state index in [2.05, 4.69) is 76.1 Å². The normalized spacial score (nSPS) is 12.2. The van der Waals surface area contributed by atoms with Gasteiger partial charge in [0.1, 0.15) is 51.8 Å². The summed E-state index contributed by atoms with van der Waals surface area (Å²) in [6.45, 7) is 29.7. The third-order valence-corrected chi connectivity index (χ3v) is 17.8. The van der Waals surface area contributed by atoms with Gasteiger partial charge in [0, 0.05) is 50.4 Å². The number of hydrogen-bond donors (Lipinski definition) is 9. The number of benzene rings is 9. The van der Waals surface area contributed by atoms with Crippen LogP contribution in [0.15, 0.2) is 225 Å². The molecular formula is C82H56N18O9. The highest BCUT2D eigenvalue weighted by molar-refractivity contribution is 6.33. The number of pyridine rings is 3. The van der Waals surface area contributed by atoms with Crippen LogP contribution in [0.2, 0.25) is 0 Å². The van der Waals surface area contributed by atoms with Gasteiger partial charge in [0.05, 0.1) is 70.2 Å². The summed E-state index contributed by atoms with van der Waals surface area (Å²) in [6.07, 6.45) is 0. The van der Waals surface area contributed by atoms with Crippen LogP contribution in [-0.2, 0) is 0 Å². The first-order valence-corrected chi connectivity index (χ1v) is 33.0. The summed E-state index contributed by atoms with van der Waals surface area (Å²) in [4.78, 5) is 103. The van der Waals surface area contributed by atoms with Gasteiger partial charge in [-0.2, -0.15) is 0 Å². The molecule has 0 bridgehead atoms. The molecule has 0 saturated heterocycles. The molecule has 3 aromatic heterocycles. The number of azo groups is 3. The van der Waals surface area contributed by atoms with E-state index in [9.17, 15) is 44.1 Å². The highest BCUT2D eigenvalue weighted by Gasteiger charge is 2.37. The van der Waals surface area contributed by atoms with Crippen molar-refractivity contribution in [3.8, 4) is 17.2 Å². The number of para-hydroxylation sites is 2. The van der Waals surface area contributed by atoms with Crippen molar-refractivity contribution >= 4 is 138 Å². The van der Waals surface area contributed by atoms with Crippen LogP contribution in [0.1, 0.15) is 118 Å². The van der Waals surface area contributed by atoms with Crippen LogP contribution < -0.4 is 33.2 Å². The number of hydrogen-bond acceptors (Lipinski definition) is 24. The van der Waals surface area contributed by atoms with Crippen LogP contribution in [0.3, 0.4) is 0 Å². The predicted molar refractivity (Wildman–Crippen MR) is 410 cm³/mol. The van der Waals surface area contributed by atoms with Gasteiger partial charge in [-0.1, -0.05) is 127 Å². The van der Waals surface area contributed by atoms with Gasteiger partial charge in [0.25, 0.3) is 0 Å². The molecule has 9 aromatic carbocycles. The highest BCUT2D eigenvalue weighted by Crippen LogP contribution is 2.47. The van der Waals surface area contributed by atoms with Crippen LogP contribution in [0, 0.1) is 47.4 Å². The number of phenols is 3. The average Bonchev–Trinajstić information content (AvgIpc) is 0.754. The fourth-order valence-corrected chi connectivity index (χ4v) is 12.4. The Balaban J connectivity index is 0.000000144. The zero-order valence-corrected chi connectivity index (χ0v) is 57.9. The van der Waals surface area contributed by atoms with Crippen molar-refractivity contribution in [2.75, 3.05) is 33.2 Å². The summed E-state index contributed by atoms with van der Waals surface area (Å²) < 4.78 is 0. The molecule has 109 heavy (non-hydrogen) atoms. The van der Waals surface area contributed by atoms with Gasteiger partial charge in [-0.15, -0.1) is 30.7 Å². The molecule has 0 unspecified atom stereocenters. The van der Waals surface area contributed by atoms with Crippen molar-refractivity contribution in [3.05, 3.63) is 317 Å². The molecule has 0 fully saturated rings. The van der Waals surface area contributed by atoms with E-state index >= 15 is 0 Å². The number of carbonyl (C=O) groups excluding carboxylic acids is 6. The van der Waals surface area contributed by atoms with Crippen molar-refractivity contribution in [2.24, 2.45) is 30.7 Å². The van der Waals surface area contributed by atoms with Crippen molar-refractivity contribution in [3.63, 3.8) is 0 Å². The van der Waals surface area contributed by atoms with E-state index in [4.69, 9.17) is 36.9 Å². The third-order valence-electron chi connectivity index (χ3n) is 17.8. The van der Waals surface area contributed by atoms with Gasteiger partial charge in [0.15, 0.2) is 52.2 Å². The molecule has 0 saturated carbocycles. The van der Waals surface area contributed by atoms with Crippen molar-refractivity contribution in [1.29, 1.82) is 0 Å². The smallest absolute Gasteiger partial charge is 0.233 e. The number of phenolic OH excluding ortho intramolecular Hbond substituents is 3. The SMILES string of the molecule is [C-]#[N+]c1c(N)nc(Nc2ccc(C)cc2)c(N=Nc2cccc3c2C(=O)c2cccc(O)c2C3=O)c1C.[C-]#[N+]c1c(N)nc(Nc2ccccc2)c(N=Nc2cccc3c2C(=O)c2cccc(O)c2C3=O)c1C.[C-]#[N+]c1c(Nc2ccccc2)nc(N)c(N=Nc2cccc3c2C(=O)c2cccc(O)c2C3=O)c1C. The van der Waals surface area contributed by atoms with Crippen LogP contribution >= 0.6 is 0 Å². The van der Waals surface area contributed by atoms with Crippen LogP contribution in [0.5, 0.6) is 17.2 Å². The second-order valence-corrected chi connectivity index (χ2v) is 24.6. The van der Waals surface area contributed by atoms with Crippen molar-refractivity contribution in [2.45, 2.75) is 27.7 Å². The third kappa shape index (κ3) is 13.5. The zero-order chi connectivity index (χ0) is 77.1. The van der Waals surface area contributed by atoms with E-state index in [0.29, 0.717) is 22.5 Å². The Morgan fingerprint density at radius 1 is 0.312 bits per heavy atom. The maximum absolute atomic E-state index is 13.3. The molecule has 0 aliphatic heterocycles. The number of fused-ring (bicyclic) bond motifs is 6. The molecule has 528 valence electrons. The van der Waals surface area contributed by atoms with E-state index in [1.165, 1.54) is 72.8 Å². The number of anilines is 9. The maximum Gasteiger partial charge on any atom is 0.233 e. The molecule has 12 aromatic rings. The van der Waals surface area contributed by atoms with Crippen LogP contribution in [-0.4, -0.2) is 65.0 Å². The molecule has 0 amide bonds. The maximum atomic E-state index is 13.3. The number of nitrogens with zero attached hydrogens (tertiary/aromatic N) is 12. The summed E-state index contributed by atoms with van der Waals surface area (Å²) in [5, 5.41) is 65.7. The minimum atomic E-state index is -0.473. The number of aryl methyl sites for hydroxylation is 1. The number of nitrogen functional groups attached to an aromatic ring is 3.